The van der Waals surface area contributed by atoms with Crippen LogP contribution in [0.1, 0.15) is 5.56 Å². The first kappa shape index (κ1) is 20.6. The molecule has 33 heavy (non-hydrogen) atoms. The second-order valence-electron chi connectivity index (χ2n) is 8.01. The largest absolute Gasteiger partial charge is 0.353 e. The lowest BCUT2D eigenvalue weighted by Gasteiger charge is -2.28. The molecule has 5 rings (SSSR count). The Morgan fingerprint density at radius 3 is 1.64 bits per heavy atom. The number of hydrogen-bond donors (Lipinski definition) is 1. The van der Waals surface area contributed by atoms with E-state index in [9.17, 15) is 0 Å². The molecule has 0 bridgehead atoms. The molecule has 0 amide bonds. The van der Waals surface area contributed by atoms with Crippen molar-refractivity contribution in [1.82, 2.24) is 0 Å². The monoisotopic (exact) mass is 426 g/mol. The highest BCUT2D eigenvalue weighted by Gasteiger charge is 2.17. The van der Waals surface area contributed by atoms with Crippen LogP contribution in [0.3, 0.4) is 0 Å². The Labute approximate surface area is 195 Å². The minimum Gasteiger partial charge on any atom is -0.353 e. The van der Waals surface area contributed by atoms with Gasteiger partial charge in [0.1, 0.15) is 0 Å². The Morgan fingerprint density at radius 1 is 0.485 bits per heavy atom. The van der Waals surface area contributed by atoms with Crippen LogP contribution in [0.5, 0.6) is 0 Å². The van der Waals surface area contributed by atoms with E-state index in [-0.39, 0.29) is 0 Å². The van der Waals surface area contributed by atoms with Gasteiger partial charge in [0.2, 0.25) is 0 Å². The minimum absolute atomic E-state index is 1.05. The van der Waals surface area contributed by atoms with Crippen molar-refractivity contribution < 1.29 is 0 Å². The molecule has 0 aliphatic heterocycles. The predicted molar refractivity (Wildman–Crippen MR) is 141 cm³/mol. The third kappa shape index (κ3) is 4.37. The number of para-hydroxylation sites is 4. The molecule has 0 fully saturated rings. The summed E-state index contributed by atoms with van der Waals surface area (Å²) in [7, 11) is 0. The first-order valence-corrected chi connectivity index (χ1v) is 11.2. The van der Waals surface area contributed by atoms with Gasteiger partial charge in [0.25, 0.3) is 0 Å². The molecule has 2 heteroatoms. The smallest absolute Gasteiger partial charge is 0.0696 e. The predicted octanol–water partition coefficient (Wildman–Crippen LogP) is 8.88. The number of nitrogens with one attached hydrogen (secondary N) is 1. The summed E-state index contributed by atoms with van der Waals surface area (Å²) in [4.78, 5) is 2.29. The second-order valence-corrected chi connectivity index (χ2v) is 8.01. The Bertz CT molecular complexity index is 1290. The molecule has 0 atom stereocenters. The van der Waals surface area contributed by atoms with Crippen molar-refractivity contribution >= 4 is 28.4 Å². The molecule has 0 aliphatic carbocycles. The van der Waals surface area contributed by atoms with E-state index in [4.69, 9.17) is 0 Å². The summed E-state index contributed by atoms with van der Waals surface area (Å²) in [6.07, 6.45) is 0. The Hall–Kier alpha value is -4.30. The van der Waals surface area contributed by atoms with Gasteiger partial charge in [-0.2, -0.15) is 0 Å². The molecule has 0 saturated heterocycles. The van der Waals surface area contributed by atoms with Crippen molar-refractivity contribution in [1.29, 1.82) is 0 Å². The van der Waals surface area contributed by atoms with Crippen LogP contribution >= 0.6 is 0 Å². The van der Waals surface area contributed by atoms with Gasteiger partial charge in [0.05, 0.1) is 11.4 Å². The highest BCUT2D eigenvalue weighted by atomic mass is 15.2. The molecule has 1 N–H and O–H groups in total. The van der Waals surface area contributed by atoms with Gasteiger partial charge in [0, 0.05) is 22.6 Å². The topological polar surface area (TPSA) is 15.3 Å². The SMILES string of the molecule is Cc1cccc(Nc2ccccc2N(c2ccccc2)c2ccccc2)c1-c1ccccc1. The van der Waals surface area contributed by atoms with Crippen LogP contribution in [0, 0.1) is 6.92 Å². The maximum absolute atomic E-state index is 3.76. The lowest BCUT2D eigenvalue weighted by atomic mass is 9.98. The molecule has 0 aliphatic rings. The van der Waals surface area contributed by atoms with Gasteiger partial charge in [-0.15, -0.1) is 0 Å². The van der Waals surface area contributed by atoms with Crippen molar-refractivity contribution in [3.05, 3.63) is 139 Å². The normalized spacial score (nSPS) is 10.6. The van der Waals surface area contributed by atoms with Crippen molar-refractivity contribution in [3.8, 4) is 11.1 Å². The minimum atomic E-state index is 1.05. The molecule has 2 nitrogen and oxygen atoms in total. The van der Waals surface area contributed by atoms with Crippen LogP contribution < -0.4 is 10.2 Å². The fourth-order valence-corrected chi connectivity index (χ4v) is 4.26. The Kier molecular flexibility index (Phi) is 5.90. The molecular weight excluding hydrogens is 400 g/mol. The van der Waals surface area contributed by atoms with E-state index in [2.05, 4.69) is 151 Å². The molecule has 5 aromatic carbocycles. The van der Waals surface area contributed by atoms with Gasteiger partial charge in [-0.3, -0.25) is 0 Å². The maximum atomic E-state index is 3.76. The summed E-state index contributed by atoms with van der Waals surface area (Å²) in [6, 6.07) is 46.5. The average Bonchev–Trinajstić information content (AvgIpc) is 2.87. The molecular formula is C31H26N2. The average molecular weight is 427 g/mol. The molecule has 5 aromatic rings. The van der Waals surface area contributed by atoms with E-state index in [0.717, 1.165) is 28.4 Å². The van der Waals surface area contributed by atoms with Crippen molar-refractivity contribution in [2.75, 3.05) is 10.2 Å². The van der Waals surface area contributed by atoms with Crippen molar-refractivity contribution in [2.45, 2.75) is 6.92 Å². The van der Waals surface area contributed by atoms with Crippen LogP contribution in [-0.2, 0) is 0 Å². The molecule has 0 saturated carbocycles. The summed E-state index contributed by atoms with van der Waals surface area (Å²) in [5, 5.41) is 3.76. The number of aryl methyl sites for hydroxylation is 1. The van der Waals surface area contributed by atoms with Crippen LogP contribution in [0.4, 0.5) is 28.4 Å². The van der Waals surface area contributed by atoms with Gasteiger partial charge in [0.15, 0.2) is 0 Å². The van der Waals surface area contributed by atoms with Gasteiger partial charge in [-0.1, -0.05) is 91.0 Å². The fraction of sp³-hybridized carbons (Fsp3) is 0.0323. The van der Waals surface area contributed by atoms with Crippen molar-refractivity contribution in [3.63, 3.8) is 0 Å². The summed E-state index contributed by atoms with van der Waals surface area (Å²) in [5.74, 6) is 0. The highest BCUT2D eigenvalue weighted by molar-refractivity contribution is 5.90. The number of nitrogens with zero attached hydrogens (tertiary/aromatic N) is 1. The maximum Gasteiger partial charge on any atom is 0.0696 e. The third-order valence-corrected chi connectivity index (χ3v) is 5.78. The number of rotatable bonds is 6. The zero-order chi connectivity index (χ0) is 22.5. The van der Waals surface area contributed by atoms with E-state index >= 15 is 0 Å². The van der Waals surface area contributed by atoms with E-state index in [0.29, 0.717) is 0 Å². The Balaban J connectivity index is 1.63. The van der Waals surface area contributed by atoms with Crippen molar-refractivity contribution in [2.24, 2.45) is 0 Å². The van der Waals surface area contributed by atoms with E-state index in [1.54, 1.807) is 0 Å². The summed E-state index contributed by atoms with van der Waals surface area (Å²) in [5.41, 5.74) is 9.14. The van der Waals surface area contributed by atoms with Crippen LogP contribution in [0.25, 0.3) is 11.1 Å². The first-order valence-electron chi connectivity index (χ1n) is 11.2. The van der Waals surface area contributed by atoms with Gasteiger partial charge in [-0.25, -0.2) is 0 Å². The zero-order valence-electron chi connectivity index (χ0n) is 18.6. The second kappa shape index (κ2) is 9.46. The van der Waals surface area contributed by atoms with Gasteiger partial charge in [-0.05, 0) is 60.5 Å². The standard InChI is InChI=1S/C31H26N2/c1-24-14-13-22-29(31(24)25-15-5-2-6-16-25)32-28-21-11-12-23-30(28)33(26-17-7-3-8-18-26)27-19-9-4-10-20-27/h2-23,32H,1H3. The lowest BCUT2D eigenvalue weighted by Crippen LogP contribution is -2.11. The van der Waals surface area contributed by atoms with E-state index in [1.807, 2.05) is 0 Å². The number of hydrogen-bond acceptors (Lipinski definition) is 2. The van der Waals surface area contributed by atoms with Gasteiger partial charge >= 0.3 is 0 Å². The summed E-state index contributed by atoms with van der Waals surface area (Å²) >= 11 is 0. The number of benzene rings is 5. The molecule has 0 unspecified atom stereocenters. The summed E-state index contributed by atoms with van der Waals surface area (Å²) in [6.45, 7) is 2.17. The highest BCUT2D eigenvalue weighted by Crippen LogP contribution is 2.41. The quantitative estimate of drug-likeness (QED) is 0.292. The van der Waals surface area contributed by atoms with Gasteiger partial charge < -0.3 is 10.2 Å². The first-order chi connectivity index (χ1) is 16.3. The molecule has 160 valence electrons. The lowest BCUT2D eigenvalue weighted by molar-refractivity contribution is 1.28. The third-order valence-electron chi connectivity index (χ3n) is 5.78. The Morgan fingerprint density at radius 2 is 1.00 bits per heavy atom. The van der Waals surface area contributed by atoms with Crippen LogP contribution in [0.15, 0.2) is 133 Å². The molecule has 0 radical (unpaired) electrons. The summed E-state index contributed by atoms with van der Waals surface area (Å²) < 4.78 is 0. The zero-order valence-corrected chi connectivity index (χ0v) is 18.6. The van der Waals surface area contributed by atoms with Crippen LogP contribution in [0.2, 0.25) is 0 Å². The van der Waals surface area contributed by atoms with E-state index < -0.39 is 0 Å². The van der Waals surface area contributed by atoms with E-state index in [1.165, 1.54) is 16.7 Å². The molecule has 0 heterocycles. The van der Waals surface area contributed by atoms with Crippen LogP contribution in [-0.4, -0.2) is 0 Å². The molecule has 0 aromatic heterocycles. The fourth-order valence-electron chi connectivity index (χ4n) is 4.26. The molecule has 0 spiro atoms. The number of anilines is 5.